The molecule has 0 bridgehead atoms. The zero-order chi connectivity index (χ0) is 9.47. The third-order valence-electron chi connectivity index (χ3n) is 1.63. The van der Waals surface area contributed by atoms with E-state index in [0.29, 0.717) is 11.0 Å². The van der Waals surface area contributed by atoms with Crippen LogP contribution in [0.15, 0.2) is 23.1 Å². The molecular formula is C7H5N2NaO3S. The summed E-state index contributed by atoms with van der Waals surface area (Å²) in [5.41, 5.74) is 1.13. The summed E-state index contributed by atoms with van der Waals surface area (Å²) < 4.78 is 30.1. The number of hydrogen-bond donors (Lipinski definition) is 2. The molecule has 0 radical (unpaired) electrons. The van der Waals surface area contributed by atoms with E-state index in [-0.39, 0.29) is 34.5 Å². The van der Waals surface area contributed by atoms with Gasteiger partial charge in [0.25, 0.3) is 10.1 Å². The van der Waals surface area contributed by atoms with Crippen molar-refractivity contribution >= 4 is 21.2 Å². The quantitative estimate of drug-likeness (QED) is 0.319. The summed E-state index contributed by atoms with van der Waals surface area (Å²) in [5.74, 6) is 0. The van der Waals surface area contributed by atoms with Crippen molar-refractivity contribution in [3.05, 3.63) is 24.5 Å². The topological polar surface area (TPSA) is 83.0 Å². The first-order chi connectivity index (χ1) is 6.07. The van der Waals surface area contributed by atoms with Crippen molar-refractivity contribution < 1.29 is 42.5 Å². The maximum Gasteiger partial charge on any atom is 1.00 e. The van der Waals surface area contributed by atoms with Crippen molar-refractivity contribution in [3.8, 4) is 0 Å². The predicted octanol–water partition coefficient (Wildman–Crippen LogP) is -2.39. The molecule has 14 heavy (non-hydrogen) atoms. The molecule has 0 unspecified atom stereocenters. The number of aromatic nitrogens is 2. The number of aromatic amines is 1. The zero-order valence-corrected chi connectivity index (χ0v) is 10.2. The largest absolute Gasteiger partial charge is 1.00 e. The molecule has 5 nitrogen and oxygen atoms in total. The number of imidazole rings is 1. The molecule has 0 aliphatic rings. The van der Waals surface area contributed by atoms with E-state index in [4.69, 9.17) is 4.55 Å². The summed E-state index contributed by atoms with van der Waals surface area (Å²) in [7, 11) is -4.14. The molecule has 2 aromatic rings. The number of hydrogen-bond acceptors (Lipinski definition) is 3. The molecule has 68 valence electrons. The average Bonchev–Trinajstić information content (AvgIpc) is 2.47. The summed E-state index contributed by atoms with van der Waals surface area (Å²) in [6.07, 6.45) is 2.46. The van der Waals surface area contributed by atoms with Gasteiger partial charge >= 0.3 is 29.6 Å². The smallest absolute Gasteiger partial charge is 0.461 e. The molecule has 1 heterocycles. The zero-order valence-electron chi connectivity index (χ0n) is 7.35. The van der Waals surface area contributed by atoms with Gasteiger partial charge in [-0.15, -0.1) is 6.07 Å². The van der Waals surface area contributed by atoms with E-state index in [1.54, 1.807) is 0 Å². The fourth-order valence-electron chi connectivity index (χ4n) is 1.02. The molecule has 0 amide bonds. The summed E-state index contributed by atoms with van der Waals surface area (Å²) in [5, 5.41) is 0. The van der Waals surface area contributed by atoms with Crippen LogP contribution in [0.2, 0.25) is 0 Å². The molecule has 0 saturated carbocycles. The normalized spacial score (nSPS) is 11.2. The van der Waals surface area contributed by atoms with Crippen LogP contribution in [0.25, 0.3) is 11.0 Å². The van der Waals surface area contributed by atoms with Crippen LogP contribution in [0.5, 0.6) is 0 Å². The Balaban J connectivity index is 0.000000980. The van der Waals surface area contributed by atoms with Gasteiger partial charge in [-0.3, -0.25) is 4.55 Å². The van der Waals surface area contributed by atoms with Gasteiger partial charge in [0.1, 0.15) is 0 Å². The van der Waals surface area contributed by atoms with Crippen molar-refractivity contribution in [2.24, 2.45) is 0 Å². The van der Waals surface area contributed by atoms with Gasteiger partial charge in [-0.1, -0.05) is 23.2 Å². The second-order valence-corrected chi connectivity index (χ2v) is 3.92. The van der Waals surface area contributed by atoms with E-state index in [1.165, 1.54) is 18.2 Å². The Morgan fingerprint density at radius 2 is 2.14 bits per heavy atom. The van der Waals surface area contributed by atoms with Crippen molar-refractivity contribution in [1.29, 1.82) is 0 Å². The molecule has 0 atom stereocenters. The second kappa shape index (κ2) is 4.00. The summed E-state index contributed by atoms with van der Waals surface area (Å²) in [6, 6.07) is 4.09. The van der Waals surface area contributed by atoms with E-state index >= 15 is 0 Å². The standard InChI is InChI=1S/C7H5N2O3S.Na/c10-13(11,12)5-1-2-6-7(3-5)9-4-8-6;/h1-3H,(H,8,9)(H,10,11,12);/q-1;+1. The SMILES string of the molecule is O=S(=O)(O)c1ccc2[nH][c-]nc2c1.[Na+]. The molecule has 0 fully saturated rings. The minimum atomic E-state index is -4.14. The number of fused-ring (bicyclic) bond motifs is 1. The Labute approximate surface area is 103 Å². The molecular weight excluding hydrogens is 215 g/mol. The first-order valence-electron chi connectivity index (χ1n) is 3.41. The van der Waals surface area contributed by atoms with Crippen LogP contribution in [-0.2, 0) is 10.1 Å². The fraction of sp³-hybridized carbons (Fsp3) is 0. The Hall–Kier alpha value is -0.400. The van der Waals surface area contributed by atoms with Gasteiger partial charge in [0.15, 0.2) is 0 Å². The van der Waals surface area contributed by atoms with E-state index in [1.807, 2.05) is 0 Å². The molecule has 2 rings (SSSR count). The Morgan fingerprint density at radius 3 is 2.79 bits per heavy atom. The monoisotopic (exact) mass is 220 g/mol. The molecule has 2 N–H and O–H groups in total. The number of rotatable bonds is 1. The van der Waals surface area contributed by atoms with Gasteiger partial charge in [0.05, 0.1) is 4.90 Å². The first kappa shape index (κ1) is 11.7. The van der Waals surface area contributed by atoms with Gasteiger partial charge in [-0.2, -0.15) is 8.42 Å². The summed E-state index contributed by atoms with van der Waals surface area (Å²) in [4.78, 5) is 6.26. The van der Waals surface area contributed by atoms with Crippen molar-refractivity contribution in [2.75, 3.05) is 0 Å². The van der Waals surface area contributed by atoms with Crippen LogP contribution >= 0.6 is 0 Å². The number of nitrogens with one attached hydrogen (secondary N) is 1. The molecule has 0 aliphatic carbocycles. The van der Waals surface area contributed by atoms with E-state index < -0.39 is 10.1 Å². The Kier molecular flexibility index (Phi) is 3.33. The molecule has 0 spiro atoms. The van der Waals surface area contributed by atoms with Crippen LogP contribution in [0.3, 0.4) is 0 Å². The summed E-state index contributed by atoms with van der Waals surface area (Å²) in [6.45, 7) is 0. The van der Waals surface area contributed by atoms with E-state index in [2.05, 4.69) is 16.3 Å². The molecule has 0 aliphatic heterocycles. The van der Waals surface area contributed by atoms with E-state index in [9.17, 15) is 8.42 Å². The average molecular weight is 220 g/mol. The molecule has 1 aromatic heterocycles. The number of H-pyrrole nitrogens is 1. The Bertz CT molecular complexity index is 549. The molecule has 1 aromatic carbocycles. The van der Waals surface area contributed by atoms with Crippen molar-refractivity contribution in [3.63, 3.8) is 0 Å². The fourth-order valence-corrected chi connectivity index (χ4v) is 1.52. The van der Waals surface area contributed by atoms with Gasteiger partial charge in [0, 0.05) is 0 Å². The van der Waals surface area contributed by atoms with Crippen LogP contribution < -0.4 is 29.6 Å². The maximum atomic E-state index is 10.7. The Morgan fingerprint density at radius 1 is 1.43 bits per heavy atom. The van der Waals surface area contributed by atoms with Crippen LogP contribution in [-0.4, -0.2) is 22.9 Å². The predicted molar refractivity (Wildman–Crippen MR) is 44.7 cm³/mol. The molecule has 7 heteroatoms. The maximum absolute atomic E-state index is 10.7. The third kappa shape index (κ3) is 2.15. The van der Waals surface area contributed by atoms with Crippen molar-refractivity contribution in [2.45, 2.75) is 4.90 Å². The number of nitrogens with zero attached hydrogens (tertiary/aromatic N) is 1. The third-order valence-corrected chi connectivity index (χ3v) is 2.48. The van der Waals surface area contributed by atoms with Crippen molar-refractivity contribution in [1.82, 2.24) is 9.97 Å². The minimum absolute atomic E-state index is 0. The van der Waals surface area contributed by atoms with Gasteiger partial charge in [-0.25, -0.2) is 0 Å². The molecule has 0 saturated heterocycles. The second-order valence-electron chi connectivity index (χ2n) is 2.50. The van der Waals surface area contributed by atoms with Gasteiger partial charge in [0.2, 0.25) is 0 Å². The van der Waals surface area contributed by atoms with Crippen LogP contribution in [0, 0.1) is 6.33 Å². The number of benzene rings is 1. The summed E-state index contributed by atoms with van der Waals surface area (Å²) >= 11 is 0. The first-order valence-corrected chi connectivity index (χ1v) is 4.85. The van der Waals surface area contributed by atoms with E-state index in [0.717, 1.165) is 0 Å². The minimum Gasteiger partial charge on any atom is -0.461 e. The van der Waals surface area contributed by atoms with Gasteiger partial charge < -0.3 is 9.97 Å². The van der Waals surface area contributed by atoms with Crippen LogP contribution in [0.4, 0.5) is 0 Å². The van der Waals surface area contributed by atoms with Crippen LogP contribution in [0.1, 0.15) is 0 Å². The van der Waals surface area contributed by atoms with Gasteiger partial charge in [-0.05, 0) is 6.33 Å².